The first-order valence-corrected chi connectivity index (χ1v) is 9.90. The van der Waals surface area contributed by atoms with Crippen molar-refractivity contribution in [2.75, 3.05) is 13.1 Å². The minimum Gasteiger partial charge on any atom is -0.342 e. The van der Waals surface area contributed by atoms with Crippen LogP contribution >= 0.6 is 11.6 Å². The van der Waals surface area contributed by atoms with Gasteiger partial charge in [-0.05, 0) is 30.5 Å². The Kier molecular flexibility index (Phi) is 5.10. The molecule has 1 aliphatic rings. The normalized spacial score (nSPS) is 16.2. The van der Waals surface area contributed by atoms with Crippen LogP contribution < -0.4 is 0 Å². The van der Waals surface area contributed by atoms with Crippen molar-refractivity contribution in [1.29, 1.82) is 0 Å². The maximum absolute atomic E-state index is 12.6. The maximum atomic E-state index is 12.6. The van der Waals surface area contributed by atoms with Gasteiger partial charge in [-0.2, -0.15) is 0 Å². The minimum absolute atomic E-state index is 0.00294. The van der Waals surface area contributed by atoms with E-state index >= 15 is 0 Å². The van der Waals surface area contributed by atoms with Gasteiger partial charge in [-0.3, -0.25) is 4.79 Å². The molecule has 0 N–H and O–H groups in total. The third kappa shape index (κ3) is 3.85. The number of carbonyl (C=O) groups excluding carboxylic acids is 1. The van der Waals surface area contributed by atoms with Gasteiger partial charge < -0.3 is 9.47 Å². The van der Waals surface area contributed by atoms with Crippen LogP contribution in [0.4, 0.5) is 0 Å². The van der Waals surface area contributed by atoms with Crippen LogP contribution in [-0.4, -0.2) is 52.3 Å². The number of aromatic nitrogens is 3. The van der Waals surface area contributed by atoms with Gasteiger partial charge in [-0.15, -0.1) is 10.2 Å². The highest BCUT2D eigenvalue weighted by Crippen LogP contribution is 2.23. The topological polar surface area (TPSA) is 85.2 Å². The van der Waals surface area contributed by atoms with Crippen LogP contribution in [0.1, 0.15) is 18.4 Å². The number of halogens is 1. The molecule has 1 aromatic carbocycles. The molecule has 1 aliphatic heterocycles. The predicted octanol–water partition coefficient (Wildman–Crippen LogP) is 1.48. The lowest BCUT2D eigenvalue weighted by Crippen LogP contribution is -2.43. The summed E-state index contributed by atoms with van der Waals surface area (Å²) in [6.07, 6.45) is 2.47. The summed E-state index contributed by atoms with van der Waals surface area (Å²) in [5.41, 5.74) is 0.892. The van der Waals surface area contributed by atoms with Crippen LogP contribution in [0.3, 0.4) is 0 Å². The van der Waals surface area contributed by atoms with E-state index < -0.39 is 15.1 Å². The first-order valence-electron chi connectivity index (χ1n) is 7.98. The molecule has 0 radical (unpaired) electrons. The smallest absolute Gasteiger partial charge is 0.249 e. The van der Waals surface area contributed by atoms with E-state index in [4.69, 9.17) is 11.6 Å². The third-order valence-corrected chi connectivity index (χ3v) is 6.91. The van der Waals surface area contributed by atoms with E-state index in [-0.39, 0.29) is 17.5 Å². The first-order chi connectivity index (χ1) is 11.9. The van der Waals surface area contributed by atoms with E-state index in [0.29, 0.717) is 31.0 Å². The number of likely N-dealkylation sites (tertiary alicyclic amines) is 1. The molecule has 3 rings (SSSR count). The highest BCUT2D eigenvalue weighted by atomic mass is 35.5. The van der Waals surface area contributed by atoms with Crippen LogP contribution in [0, 0.1) is 0 Å². The molecule has 7 nitrogen and oxygen atoms in total. The molecule has 0 atom stereocenters. The highest BCUT2D eigenvalue weighted by molar-refractivity contribution is 7.91. The summed E-state index contributed by atoms with van der Waals surface area (Å²) in [4.78, 5) is 14.1. The zero-order chi connectivity index (χ0) is 18.0. The monoisotopic (exact) mass is 382 g/mol. The molecular formula is C16H19ClN4O3S. The average Bonchev–Trinajstić information content (AvgIpc) is 3.04. The number of benzene rings is 1. The lowest BCUT2D eigenvalue weighted by molar-refractivity contribution is -0.131. The Morgan fingerprint density at radius 2 is 1.88 bits per heavy atom. The second-order valence-corrected chi connectivity index (χ2v) is 8.71. The zero-order valence-electron chi connectivity index (χ0n) is 13.8. The molecule has 1 fully saturated rings. The molecule has 2 heterocycles. The van der Waals surface area contributed by atoms with E-state index in [1.165, 1.54) is 10.9 Å². The van der Waals surface area contributed by atoms with E-state index in [0.717, 1.165) is 5.56 Å². The minimum atomic E-state index is -3.53. The van der Waals surface area contributed by atoms with Crippen LogP contribution in [-0.2, 0) is 28.1 Å². The van der Waals surface area contributed by atoms with Crippen molar-refractivity contribution in [3.8, 4) is 0 Å². The van der Waals surface area contributed by atoms with Crippen molar-refractivity contribution in [1.82, 2.24) is 19.7 Å². The Bertz CT molecular complexity index is 856. The summed E-state index contributed by atoms with van der Waals surface area (Å²) in [5.74, 6) is -0.00294. The van der Waals surface area contributed by atoms with E-state index in [1.807, 2.05) is 12.1 Å². The van der Waals surface area contributed by atoms with Gasteiger partial charge in [0.15, 0.2) is 0 Å². The van der Waals surface area contributed by atoms with Gasteiger partial charge in [0.05, 0.1) is 11.7 Å². The Balaban J connectivity index is 1.61. The molecule has 25 heavy (non-hydrogen) atoms. The molecule has 0 spiro atoms. The van der Waals surface area contributed by atoms with Crippen molar-refractivity contribution in [2.24, 2.45) is 7.05 Å². The van der Waals surface area contributed by atoms with E-state index in [1.54, 1.807) is 24.1 Å². The molecule has 0 bridgehead atoms. The van der Waals surface area contributed by atoms with Crippen molar-refractivity contribution >= 4 is 27.3 Å². The number of piperidine rings is 1. The summed E-state index contributed by atoms with van der Waals surface area (Å²) < 4.78 is 26.7. The van der Waals surface area contributed by atoms with Crippen LogP contribution in [0.2, 0.25) is 5.02 Å². The second-order valence-electron chi connectivity index (χ2n) is 6.15. The first kappa shape index (κ1) is 17.9. The Morgan fingerprint density at radius 3 is 2.44 bits per heavy atom. The fourth-order valence-corrected chi connectivity index (χ4v) is 4.85. The van der Waals surface area contributed by atoms with Crippen molar-refractivity contribution in [3.05, 3.63) is 41.2 Å². The molecule has 9 heteroatoms. The number of rotatable bonds is 4. The molecular weight excluding hydrogens is 364 g/mol. The fraction of sp³-hybridized carbons (Fsp3) is 0.438. The van der Waals surface area contributed by atoms with Gasteiger partial charge in [0.1, 0.15) is 6.33 Å². The molecule has 0 unspecified atom stereocenters. The van der Waals surface area contributed by atoms with Gasteiger partial charge in [-0.1, -0.05) is 23.7 Å². The number of carbonyl (C=O) groups is 1. The maximum Gasteiger partial charge on any atom is 0.249 e. The number of sulfone groups is 1. The molecule has 1 saturated heterocycles. The van der Waals surface area contributed by atoms with Crippen LogP contribution in [0.5, 0.6) is 0 Å². The molecule has 1 aromatic heterocycles. The van der Waals surface area contributed by atoms with Crippen molar-refractivity contribution in [3.63, 3.8) is 0 Å². The average molecular weight is 383 g/mol. The fourth-order valence-electron chi connectivity index (χ4n) is 2.98. The predicted molar refractivity (Wildman–Crippen MR) is 92.9 cm³/mol. The van der Waals surface area contributed by atoms with Gasteiger partial charge in [0, 0.05) is 25.2 Å². The Hall–Kier alpha value is -1.93. The van der Waals surface area contributed by atoms with Crippen LogP contribution in [0.15, 0.2) is 35.7 Å². The SMILES string of the molecule is Cn1cnnc1S(=O)(=O)C1CCN(C(=O)Cc2ccc(Cl)cc2)CC1. The second kappa shape index (κ2) is 7.13. The van der Waals surface area contributed by atoms with Crippen molar-refractivity contribution < 1.29 is 13.2 Å². The number of hydrogen-bond acceptors (Lipinski definition) is 5. The third-order valence-electron chi connectivity index (χ3n) is 4.43. The highest BCUT2D eigenvalue weighted by Gasteiger charge is 2.35. The summed E-state index contributed by atoms with van der Waals surface area (Å²) in [6.45, 7) is 0.850. The van der Waals surface area contributed by atoms with Gasteiger partial charge in [0.25, 0.3) is 0 Å². The number of nitrogens with zero attached hydrogens (tertiary/aromatic N) is 4. The summed E-state index contributed by atoms with van der Waals surface area (Å²) in [7, 11) is -1.92. The van der Waals surface area contributed by atoms with Crippen molar-refractivity contribution in [2.45, 2.75) is 29.7 Å². The zero-order valence-corrected chi connectivity index (χ0v) is 15.4. The van der Waals surface area contributed by atoms with E-state index in [2.05, 4.69) is 10.2 Å². The van der Waals surface area contributed by atoms with E-state index in [9.17, 15) is 13.2 Å². The molecule has 1 amide bonds. The molecule has 2 aromatic rings. The molecule has 0 aliphatic carbocycles. The molecule has 134 valence electrons. The molecule has 0 saturated carbocycles. The Morgan fingerprint density at radius 1 is 1.24 bits per heavy atom. The summed E-state index contributed by atoms with van der Waals surface area (Å²) in [6, 6.07) is 7.16. The number of aryl methyl sites for hydroxylation is 1. The largest absolute Gasteiger partial charge is 0.342 e. The summed E-state index contributed by atoms with van der Waals surface area (Å²) >= 11 is 5.85. The van der Waals surface area contributed by atoms with Gasteiger partial charge >= 0.3 is 0 Å². The van der Waals surface area contributed by atoms with Crippen LogP contribution in [0.25, 0.3) is 0 Å². The number of amides is 1. The summed E-state index contributed by atoms with van der Waals surface area (Å²) in [5, 5.41) is 7.44. The lowest BCUT2D eigenvalue weighted by atomic mass is 10.1. The van der Waals surface area contributed by atoms with Gasteiger partial charge in [-0.25, -0.2) is 8.42 Å². The van der Waals surface area contributed by atoms with Gasteiger partial charge in [0.2, 0.25) is 20.9 Å². The standard InChI is InChI=1S/C16H19ClN4O3S/c1-20-11-18-19-16(20)25(23,24)14-6-8-21(9-7-14)15(22)10-12-2-4-13(17)5-3-12/h2-5,11,14H,6-10H2,1H3. The lowest BCUT2D eigenvalue weighted by Gasteiger charge is -2.31. The number of hydrogen-bond donors (Lipinski definition) is 0. The quantitative estimate of drug-likeness (QED) is 0.799. The Labute approximate surface area is 151 Å².